The van der Waals surface area contributed by atoms with E-state index in [0.29, 0.717) is 6.42 Å². The number of nitrogens with zero attached hydrogens (tertiary/aromatic N) is 3. The number of aryl methyl sites for hydroxylation is 1. The summed E-state index contributed by atoms with van der Waals surface area (Å²) in [6, 6.07) is 19.5. The summed E-state index contributed by atoms with van der Waals surface area (Å²) in [5.74, 6) is -0.878. The summed E-state index contributed by atoms with van der Waals surface area (Å²) in [6.45, 7) is 3.16. The predicted octanol–water partition coefficient (Wildman–Crippen LogP) is 4.96. The van der Waals surface area contributed by atoms with Gasteiger partial charge in [-0.05, 0) is 55.5 Å². The monoisotopic (exact) mass is 592 g/mol. The van der Waals surface area contributed by atoms with Gasteiger partial charge in [0.1, 0.15) is 12.6 Å². The molecule has 11 heteroatoms. The van der Waals surface area contributed by atoms with Gasteiger partial charge in [0.2, 0.25) is 11.8 Å². The summed E-state index contributed by atoms with van der Waals surface area (Å²) in [4.78, 5) is 40.0. The van der Waals surface area contributed by atoms with Gasteiger partial charge in [0.15, 0.2) is 0 Å². The number of nitrogens with one attached hydrogen (secondary N) is 1. The van der Waals surface area contributed by atoms with Gasteiger partial charge in [-0.1, -0.05) is 68.3 Å². The van der Waals surface area contributed by atoms with Gasteiger partial charge in [0, 0.05) is 24.7 Å². The molecule has 1 aliphatic rings. The van der Waals surface area contributed by atoms with Gasteiger partial charge in [-0.2, -0.15) is 0 Å². The summed E-state index contributed by atoms with van der Waals surface area (Å²) < 4.78 is 28.7. The van der Waals surface area contributed by atoms with Crippen LogP contribution in [0.15, 0.2) is 83.8 Å². The summed E-state index contributed by atoms with van der Waals surface area (Å²) in [7, 11) is -4.31. The molecule has 1 aliphatic carbocycles. The molecule has 1 N–H and O–H groups in total. The molecule has 1 atom stereocenters. The number of amides is 2. The van der Waals surface area contributed by atoms with Crippen molar-refractivity contribution in [2.24, 2.45) is 0 Å². The molecule has 4 rings (SSSR count). The van der Waals surface area contributed by atoms with Gasteiger partial charge in [-0.3, -0.25) is 24.0 Å². The van der Waals surface area contributed by atoms with E-state index in [-0.39, 0.29) is 34.8 Å². The number of carbonyl (C=O) groups excluding carboxylic acids is 2. The molecule has 1 saturated carbocycles. The van der Waals surface area contributed by atoms with E-state index in [1.807, 2.05) is 38.1 Å². The van der Waals surface area contributed by atoms with Crippen molar-refractivity contribution in [3.63, 3.8) is 0 Å². The van der Waals surface area contributed by atoms with E-state index in [9.17, 15) is 28.1 Å². The standard InChI is InChI=1S/C31H36N4O6S/c1-3-29(31(37)32-25-14-9-10-15-25)33(21-24-13-8-7-12-23(24)2)30(36)22-34(26-16-11-17-27(20-26)35(38)39)42(40,41)28-18-5-4-6-19-28/h4-8,11-13,16-20,25,29H,3,9-10,14-15,21-22H2,1-2H3,(H,32,37). The Kier molecular flexibility index (Phi) is 9.95. The third-order valence-electron chi connectivity index (χ3n) is 7.63. The molecule has 0 aliphatic heterocycles. The lowest BCUT2D eigenvalue weighted by molar-refractivity contribution is -0.384. The van der Waals surface area contributed by atoms with Gasteiger partial charge >= 0.3 is 0 Å². The summed E-state index contributed by atoms with van der Waals surface area (Å²) in [6.07, 6.45) is 4.14. The smallest absolute Gasteiger partial charge is 0.271 e. The number of nitro groups is 1. The molecule has 42 heavy (non-hydrogen) atoms. The summed E-state index contributed by atoms with van der Waals surface area (Å²) in [5.41, 5.74) is 1.41. The summed E-state index contributed by atoms with van der Waals surface area (Å²) in [5, 5.41) is 14.6. The maximum atomic E-state index is 14.2. The molecule has 0 aromatic heterocycles. The topological polar surface area (TPSA) is 130 Å². The SMILES string of the molecule is CCC(C(=O)NC1CCCC1)N(Cc1ccccc1C)C(=O)CN(c1cccc([N+](=O)[O-])c1)S(=O)(=O)c1ccccc1. The molecule has 1 unspecified atom stereocenters. The van der Waals surface area contributed by atoms with E-state index < -0.39 is 33.4 Å². The number of anilines is 1. The molecule has 0 saturated heterocycles. The fraction of sp³-hybridized carbons (Fsp3) is 0.355. The molecule has 3 aromatic carbocycles. The lowest BCUT2D eigenvalue weighted by atomic mass is 10.1. The van der Waals surface area contributed by atoms with E-state index in [0.717, 1.165) is 47.2 Å². The maximum absolute atomic E-state index is 14.2. The van der Waals surface area contributed by atoms with Crippen LogP contribution in [0.4, 0.5) is 11.4 Å². The Morgan fingerprint density at radius 1 is 1.00 bits per heavy atom. The second kappa shape index (κ2) is 13.6. The third kappa shape index (κ3) is 7.14. The van der Waals surface area contributed by atoms with Crippen LogP contribution in [0.1, 0.15) is 50.2 Å². The van der Waals surface area contributed by atoms with Crippen molar-refractivity contribution in [2.45, 2.75) is 69.5 Å². The van der Waals surface area contributed by atoms with Gasteiger partial charge in [0.25, 0.3) is 15.7 Å². The van der Waals surface area contributed by atoms with E-state index in [2.05, 4.69) is 5.32 Å². The fourth-order valence-electron chi connectivity index (χ4n) is 5.27. The highest BCUT2D eigenvalue weighted by Crippen LogP contribution is 2.28. The lowest BCUT2D eigenvalue weighted by Gasteiger charge is -2.34. The van der Waals surface area contributed by atoms with Crippen LogP contribution in [0.5, 0.6) is 0 Å². The largest absolute Gasteiger partial charge is 0.352 e. The van der Waals surface area contributed by atoms with Crippen molar-refractivity contribution in [1.29, 1.82) is 0 Å². The zero-order valence-corrected chi connectivity index (χ0v) is 24.6. The van der Waals surface area contributed by atoms with Crippen molar-refractivity contribution in [1.82, 2.24) is 10.2 Å². The minimum Gasteiger partial charge on any atom is -0.352 e. The van der Waals surface area contributed by atoms with E-state index in [4.69, 9.17) is 0 Å². The predicted molar refractivity (Wildman–Crippen MR) is 160 cm³/mol. The van der Waals surface area contributed by atoms with Gasteiger partial charge in [-0.15, -0.1) is 0 Å². The number of sulfonamides is 1. The number of carbonyl (C=O) groups is 2. The summed E-state index contributed by atoms with van der Waals surface area (Å²) >= 11 is 0. The molecule has 222 valence electrons. The number of benzene rings is 3. The number of non-ortho nitro benzene ring substituents is 1. The quantitative estimate of drug-likeness (QED) is 0.234. The van der Waals surface area contributed by atoms with Crippen molar-refractivity contribution >= 4 is 33.2 Å². The second-order valence-corrected chi connectivity index (χ2v) is 12.3. The van der Waals surface area contributed by atoms with Crippen LogP contribution in [-0.4, -0.2) is 48.7 Å². The minimum absolute atomic E-state index is 0.0271. The molecule has 0 bridgehead atoms. The highest BCUT2D eigenvalue weighted by Gasteiger charge is 2.35. The Bertz CT molecular complexity index is 1520. The highest BCUT2D eigenvalue weighted by molar-refractivity contribution is 7.92. The average molecular weight is 593 g/mol. The second-order valence-electron chi connectivity index (χ2n) is 10.5. The number of rotatable bonds is 12. The fourth-order valence-corrected chi connectivity index (χ4v) is 6.70. The Balaban J connectivity index is 1.75. The number of hydrogen-bond acceptors (Lipinski definition) is 6. The van der Waals surface area contributed by atoms with Crippen molar-refractivity contribution in [2.75, 3.05) is 10.8 Å². The van der Waals surface area contributed by atoms with Crippen LogP contribution >= 0.6 is 0 Å². The van der Waals surface area contributed by atoms with Gasteiger partial charge < -0.3 is 10.2 Å². The normalized spacial score (nSPS) is 14.2. The first-order valence-corrected chi connectivity index (χ1v) is 15.5. The zero-order valence-electron chi connectivity index (χ0n) is 23.8. The molecular weight excluding hydrogens is 556 g/mol. The Hall–Kier alpha value is -4.25. The number of hydrogen-bond donors (Lipinski definition) is 1. The van der Waals surface area contributed by atoms with E-state index >= 15 is 0 Å². The molecule has 0 radical (unpaired) electrons. The van der Waals surface area contributed by atoms with Crippen LogP contribution < -0.4 is 9.62 Å². The van der Waals surface area contributed by atoms with Gasteiger partial charge in [0.05, 0.1) is 15.5 Å². The van der Waals surface area contributed by atoms with Crippen LogP contribution in [-0.2, 0) is 26.2 Å². The van der Waals surface area contributed by atoms with Gasteiger partial charge in [-0.25, -0.2) is 8.42 Å². The van der Waals surface area contributed by atoms with Crippen LogP contribution in [0.3, 0.4) is 0 Å². The van der Waals surface area contributed by atoms with Crippen molar-refractivity contribution in [3.8, 4) is 0 Å². The first-order valence-electron chi connectivity index (χ1n) is 14.1. The molecule has 0 heterocycles. The molecule has 0 spiro atoms. The third-order valence-corrected chi connectivity index (χ3v) is 9.42. The van der Waals surface area contributed by atoms with Crippen LogP contribution in [0, 0.1) is 17.0 Å². The minimum atomic E-state index is -4.31. The first kappa shape index (κ1) is 30.7. The van der Waals surface area contributed by atoms with Crippen molar-refractivity contribution < 1.29 is 22.9 Å². The molecule has 2 amide bonds. The lowest BCUT2D eigenvalue weighted by Crippen LogP contribution is -2.53. The van der Waals surface area contributed by atoms with E-state index in [1.165, 1.54) is 35.2 Å². The number of nitro benzene ring substituents is 1. The molecule has 10 nitrogen and oxygen atoms in total. The maximum Gasteiger partial charge on any atom is 0.271 e. The molecule has 3 aromatic rings. The Labute approximate surface area is 246 Å². The van der Waals surface area contributed by atoms with Crippen LogP contribution in [0.2, 0.25) is 0 Å². The first-order chi connectivity index (χ1) is 20.1. The van der Waals surface area contributed by atoms with Crippen LogP contribution in [0.25, 0.3) is 0 Å². The Morgan fingerprint density at radius 2 is 1.67 bits per heavy atom. The van der Waals surface area contributed by atoms with E-state index in [1.54, 1.807) is 18.2 Å². The average Bonchev–Trinajstić information content (AvgIpc) is 3.50. The Morgan fingerprint density at radius 3 is 2.31 bits per heavy atom. The highest BCUT2D eigenvalue weighted by atomic mass is 32.2. The molecular formula is C31H36N4O6S. The van der Waals surface area contributed by atoms with Crippen molar-refractivity contribution in [3.05, 3.63) is 100 Å². The molecule has 1 fully saturated rings. The zero-order chi connectivity index (χ0) is 30.3.